The normalized spacial score (nSPS) is 16.6. The molecule has 0 unspecified atom stereocenters. The third kappa shape index (κ3) is 3.81. The van der Waals surface area contributed by atoms with Crippen LogP contribution >= 0.6 is 35.0 Å². The summed E-state index contributed by atoms with van der Waals surface area (Å²) in [5.41, 5.74) is 5.33. The van der Waals surface area contributed by atoms with Gasteiger partial charge in [-0.15, -0.1) is 0 Å². The van der Waals surface area contributed by atoms with E-state index in [4.69, 9.17) is 28.2 Å². The summed E-state index contributed by atoms with van der Waals surface area (Å²) in [6, 6.07) is 14.0. The molecule has 0 N–H and O–H groups in total. The fourth-order valence-corrected chi connectivity index (χ4v) is 7.01. The maximum absolute atomic E-state index is 13.9. The highest BCUT2D eigenvalue weighted by atomic mass is 35.5. The number of nitrogens with zero attached hydrogens (tertiary/aromatic N) is 2. The van der Waals surface area contributed by atoms with Gasteiger partial charge in [0, 0.05) is 33.3 Å². The highest BCUT2D eigenvalue weighted by Gasteiger charge is 2.43. The Morgan fingerprint density at radius 2 is 1.88 bits per heavy atom. The number of aromatic nitrogens is 2. The Kier molecular flexibility index (Phi) is 6.13. The molecule has 2 aromatic carbocycles. The number of thioether (sulfide) groups is 1. The van der Waals surface area contributed by atoms with Crippen LogP contribution in [0.4, 0.5) is 0 Å². The van der Waals surface area contributed by atoms with Crippen LogP contribution in [-0.4, -0.2) is 9.55 Å². The van der Waals surface area contributed by atoms with Crippen molar-refractivity contribution in [2.75, 3.05) is 0 Å². The van der Waals surface area contributed by atoms with Crippen molar-refractivity contribution in [3.8, 4) is 11.3 Å². The molecule has 32 heavy (non-hydrogen) atoms. The minimum absolute atomic E-state index is 0.0778. The van der Waals surface area contributed by atoms with Crippen LogP contribution in [-0.2, 0) is 24.1 Å². The van der Waals surface area contributed by atoms with Gasteiger partial charge in [0.25, 0.3) is 5.56 Å². The molecule has 0 amide bonds. The summed E-state index contributed by atoms with van der Waals surface area (Å²) < 4.78 is 1.86. The summed E-state index contributed by atoms with van der Waals surface area (Å²) in [6.45, 7) is 2.63. The smallest absolute Gasteiger partial charge is 0.258 e. The van der Waals surface area contributed by atoms with Gasteiger partial charge < -0.3 is 0 Å². The largest absolute Gasteiger partial charge is 0.288 e. The Morgan fingerprint density at radius 1 is 1.09 bits per heavy atom. The van der Waals surface area contributed by atoms with Gasteiger partial charge in [-0.05, 0) is 49.4 Å². The van der Waals surface area contributed by atoms with Gasteiger partial charge in [-0.2, -0.15) is 0 Å². The highest BCUT2D eigenvalue weighted by molar-refractivity contribution is 7.98. The van der Waals surface area contributed by atoms with E-state index in [1.165, 1.54) is 24.8 Å². The molecule has 1 fully saturated rings. The van der Waals surface area contributed by atoms with Crippen LogP contribution in [0.1, 0.15) is 55.7 Å². The first-order valence-electron chi connectivity index (χ1n) is 11.3. The zero-order valence-electron chi connectivity index (χ0n) is 18.2. The van der Waals surface area contributed by atoms with Crippen molar-refractivity contribution in [1.29, 1.82) is 0 Å². The zero-order valence-corrected chi connectivity index (χ0v) is 20.5. The molecule has 3 nitrogen and oxygen atoms in total. The lowest BCUT2D eigenvalue weighted by atomic mass is 9.62. The molecule has 6 heteroatoms. The van der Waals surface area contributed by atoms with E-state index in [1.807, 2.05) is 23.6 Å². The monoisotopic (exact) mass is 484 g/mol. The Bertz CT molecular complexity index is 1230. The molecule has 0 saturated heterocycles. The predicted octanol–water partition coefficient (Wildman–Crippen LogP) is 7.29. The first-order chi connectivity index (χ1) is 15.5. The number of halogens is 2. The minimum atomic E-state index is -0.0778. The van der Waals surface area contributed by atoms with E-state index in [2.05, 4.69) is 24.3 Å². The van der Waals surface area contributed by atoms with E-state index in [0.29, 0.717) is 22.3 Å². The Hall–Kier alpha value is -1.75. The van der Waals surface area contributed by atoms with Gasteiger partial charge in [-0.25, -0.2) is 4.98 Å². The van der Waals surface area contributed by atoms with Gasteiger partial charge in [-0.1, -0.05) is 84.6 Å². The molecule has 2 aliphatic carbocycles. The number of hydrogen-bond donors (Lipinski definition) is 0. The molecule has 0 radical (unpaired) electrons. The third-order valence-electron chi connectivity index (χ3n) is 6.96. The van der Waals surface area contributed by atoms with Crippen molar-refractivity contribution in [3.05, 3.63) is 79.6 Å². The molecular formula is C26H26Cl2N2OS. The van der Waals surface area contributed by atoms with Gasteiger partial charge >= 0.3 is 0 Å². The summed E-state index contributed by atoms with van der Waals surface area (Å²) in [7, 11) is 0. The average Bonchev–Trinajstić information content (AvgIpc) is 2.79. The quantitative estimate of drug-likeness (QED) is 0.288. The number of rotatable bonds is 4. The Balaban J connectivity index is 1.63. The van der Waals surface area contributed by atoms with E-state index in [9.17, 15) is 4.79 Å². The van der Waals surface area contributed by atoms with Crippen molar-refractivity contribution in [1.82, 2.24) is 9.55 Å². The van der Waals surface area contributed by atoms with Crippen molar-refractivity contribution in [3.63, 3.8) is 0 Å². The second-order valence-corrected chi connectivity index (χ2v) is 10.7. The maximum atomic E-state index is 13.9. The third-order valence-corrected chi connectivity index (χ3v) is 8.58. The second kappa shape index (κ2) is 8.89. The van der Waals surface area contributed by atoms with Crippen molar-refractivity contribution < 1.29 is 0 Å². The standard InChI is InChI=1S/C26H26Cl2N2OS/c1-2-30-24(31)22-23(29-25(30)32-16-18-10-11-19(27)14-21(18)28)20-9-5-4-8-17(20)15-26(22)12-6-3-7-13-26/h4-5,8-11,14H,2-3,6-7,12-13,15-16H2,1H3. The van der Waals surface area contributed by atoms with Gasteiger partial charge in [0.2, 0.25) is 0 Å². The number of benzene rings is 2. The second-order valence-electron chi connectivity index (χ2n) is 8.87. The van der Waals surface area contributed by atoms with Gasteiger partial charge in [0.15, 0.2) is 5.16 Å². The maximum Gasteiger partial charge on any atom is 0.258 e. The predicted molar refractivity (Wildman–Crippen MR) is 134 cm³/mol. The van der Waals surface area contributed by atoms with Crippen molar-refractivity contribution >= 4 is 35.0 Å². The van der Waals surface area contributed by atoms with Crippen LogP contribution in [0.15, 0.2) is 52.4 Å². The van der Waals surface area contributed by atoms with Crippen LogP contribution in [0.2, 0.25) is 10.0 Å². The fraction of sp³-hybridized carbons (Fsp3) is 0.385. The summed E-state index contributed by atoms with van der Waals surface area (Å²) in [5.74, 6) is 0.633. The lowest BCUT2D eigenvalue weighted by Gasteiger charge is -2.42. The minimum Gasteiger partial charge on any atom is -0.288 e. The highest BCUT2D eigenvalue weighted by Crippen LogP contribution is 2.48. The number of hydrogen-bond acceptors (Lipinski definition) is 3. The molecule has 0 atom stereocenters. The van der Waals surface area contributed by atoms with Gasteiger partial charge in [0.05, 0.1) is 11.3 Å². The number of fused-ring (bicyclic) bond motifs is 4. The molecule has 5 rings (SSSR count). The van der Waals surface area contributed by atoms with E-state index < -0.39 is 0 Å². The molecule has 1 spiro atoms. The van der Waals surface area contributed by atoms with Crippen LogP contribution in [0.25, 0.3) is 11.3 Å². The average molecular weight is 485 g/mol. The molecule has 2 aliphatic rings. The summed E-state index contributed by atoms with van der Waals surface area (Å²) in [6.07, 6.45) is 6.70. The van der Waals surface area contributed by atoms with Crippen LogP contribution in [0.5, 0.6) is 0 Å². The Labute approximate surface area is 203 Å². The van der Waals surface area contributed by atoms with E-state index in [0.717, 1.165) is 46.8 Å². The van der Waals surface area contributed by atoms with Gasteiger partial charge in [-0.3, -0.25) is 9.36 Å². The molecular weight excluding hydrogens is 459 g/mol. The first-order valence-corrected chi connectivity index (χ1v) is 13.1. The van der Waals surface area contributed by atoms with Crippen LogP contribution < -0.4 is 5.56 Å². The lowest BCUT2D eigenvalue weighted by molar-refractivity contribution is 0.282. The van der Waals surface area contributed by atoms with Crippen molar-refractivity contribution in [2.24, 2.45) is 0 Å². The summed E-state index contributed by atoms with van der Waals surface area (Å²) >= 11 is 14.0. The topological polar surface area (TPSA) is 34.9 Å². The molecule has 3 aromatic rings. The van der Waals surface area contributed by atoms with Crippen LogP contribution in [0.3, 0.4) is 0 Å². The van der Waals surface area contributed by atoms with E-state index >= 15 is 0 Å². The molecule has 0 bridgehead atoms. The fourth-order valence-electron chi connectivity index (χ4n) is 5.39. The molecule has 1 aromatic heterocycles. The molecule has 1 saturated carbocycles. The van der Waals surface area contributed by atoms with Crippen molar-refractivity contribution in [2.45, 2.75) is 68.3 Å². The molecule has 0 aliphatic heterocycles. The zero-order chi connectivity index (χ0) is 22.3. The van der Waals surface area contributed by atoms with Gasteiger partial charge in [0.1, 0.15) is 0 Å². The SMILES string of the molecule is CCn1c(SCc2ccc(Cl)cc2Cl)nc2c(c1=O)C1(CCCCC1)Cc1ccccc1-2. The summed E-state index contributed by atoms with van der Waals surface area (Å²) in [5, 5.41) is 2.01. The lowest BCUT2D eigenvalue weighted by Crippen LogP contribution is -2.43. The Morgan fingerprint density at radius 3 is 2.62 bits per heavy atom. The molecule has 166 valence electrons. The van der Waals surface area contributed by atoms with E-state index in [1.54, 1.807) is 17.8 Å². The van der Waals surface area contributed by atoms with Crippen LogP contribution in [0, 0.1) is 0 Å². The molecule has 1 heterocycles. The van der Waals surface area contributed by atoms with E-state index in [-0.39, 0.29) is 11.0 Å². The summed E-state index contributed by atoms with van der Waals surface area (Å²) in [4.78, 5) is 19.1. The first kappa shape index (κ1) is 22.1.